The number of pyridine rings is 1. The maximum atomic E-state index is 5.95. The molecule has 0 aromatic carbocycles. The normalized spacial score (nSPS) is 10.9. The summed E-state index contributed by atoms with van der Waals surface area (Å²) in [5, 5.41) is 0.488. The second-order valence-corrected chi connectivity index (χ2v) is 3.31. The molecule has 0 aliphatic rings. The standard InChI is InChI=1S/C9H10ClN3/c1-2-3-6-4-7-8(9(10)13-6)12-5-11-7/h4-5H,2-3H2,1H3,(H,11,12). The average Bonchev–Trinajstić information content (AvgIpc) is 2.53. The van der Waals surface area contributed by atoms with Crippen LogP contribution in [0.15, 0.2) is 12.4 Å². The molecule has 0 aliphatic heterocycles. The molecule has 0 radical (unpaired) electrons. The molecule has 0 spiro atoms. The lowest BCUT2D eigenvalue weighted by Crippen LogP contribution is -1.90. The first-order valence-corrected chi connectivity index (χ1v) is 4.67. The molecular weight excluding hydrogens is 186 g/mol. The van der Waals surface area contributed by atoms with Gasteiger partial charge in [-0.2, -0.15) is 0 Å². The number of hydrogen-bond donors (Lipinski definition) is 1. The lowest BCUT2D eigenvalue weighted by atomic mass is 10.2. The third-order valence-electron chi connectivity index (χ3n) is 1.92. The summed E-state index contributed by atoms with van der Waals surface area (Å²) in [6.45, 7) is 2.12. The SMILES string of the molecule is CCCc1cc2[nH]cnc2c(Cl)n1. The molecule has 2 aromatic heterocycles. The van der Waals surface area contributed by atoms with Crippen molar-refractivity contribution in [1.29, 1.82) is 0 Å². The fourth-order valence-corrected chi connectivity index (χ4v) is 1.60. The van der Waals surface area contributed by atoms with Crippen molar-refractivity contribution in [2.75, 3.05) is 0 Å². The molecule has 3 nitrogen and oxygen atoms in total. The predicted molar refractivity (Wildman–Crippen MR) is 52.9 cm³/mol. The third-order valence-corrected chi connectivity index (χ3v) is 2.19. The Bertz CT molecular complexity index is 422. The first-order valence-electron chi connectivity index (χ1n) is 4.29. The summed E-state index contributed by atoms with van der Waals surface area (Å²) in [4.78, 5) is 11.3. The minimum atomic E-state index is 0.488. The molecule has 0 amide bonds. The Morgan fingerprint density at radius 3 is 3.15 bits per heavy atom. The second kappa shape index (κ2) is 3.34. The van der Waals surface area contributed by atoms with Gasteiger partial charge >= 0.3 is 0 Å². The monoisotopic (exact) mass is 195 g/mol. The number of fused-ring (bicyclic) bond motifs is 1. The van der Waals surface area contributed by atoms with Gasteiger partial charge in [0, 0.05) is 5.69 Å². The molecule has 2 rings (SSSR count). The maximum absolute atomic E-state index is 5.95. The number of aromatic amines is 1. The molecule has 68 valence electrons. The summed E-state index contributed by atoms with van der Waals surface area (Å²) in [5.41, 5.74) is 2.73. The second-order valence-electron chi connectivity index (χ2n) is 2.95. The zero-order valence-electron chi connectivity index (χ0n) is 7.34. The van der Waals surface area contributed by atoms with Crippen LogP contribution in [0, 0.1) is 0 Å². The molecule has 4 heteroatoms. The molecule has 0 saturated carbocycles. The Morgan fingerprint density at radius 2 is 2.38 bits per heavy atom. The van der Waals surface area contributed by atoms with E-state index in [1.54, 1.807) is 6.33 Å². The first-order chi connectivity index (χ1) is 6.31. The van der Waals surface area contributed by atoms with Crippen molar-refractivity contribution in [3.05, 3.63) is 23.2 Å². The van der Waals surface area contributed by atoms with Gasteiger partial charge in [-0.3, -0.25) is 0 Å². The van der Waals surface area contributed by atoms with Gasteiger partial charge in [0.2, 0.25) is 0 Å². The highest BCUT2D eigenvalue weighted by Crippen LogP contribution is 2.19. The van der Waals surface area contributed by atoms with E-state index in [-0.39, 0.29) is 0 Å². The predicted octanol–water partition coefficient (Wildman–Crippen LogP) is 2.56. The highest BCUT2D eigenvalue weighted by molar-refractivity contribution is 6.33. The lowest BCUT2D eigenvalue weighted by Gasteiger charge is -1.98. The van der Waals surface area contributed by atoms with Crippen molar-refractivity contribution in [3.63, 3.8) is 0 Å². The Kier molecular flexibility index (Phi) is 2.19. The van der Waals surface area contributed by atoms with Crippen molar-refractivity contribution >= 4 is 22.6 Å². The van der Waals surface area contributed by atoms with Crippen LogP contribution in [0.4, 0.5) is 0 Å². The van der Waals surface area contributed by atoms with E-state index < -0.39 is 0 Å². The minimum absolute atomic E-state index is 0.488. The van der Waals surface area contributed by atoms with Crippen LogP contribution in [-0.4, -0.2) is 15.0 Å². The zero-order chi connectivity index (χ0) is 9.26. The molecule has 0 fully saturated rings. The molecule has 1 N–H and O–H groups in total. The molecule has 0 saturated heterocycles. The van der Waals surface area contributed by atoms with Gasteiger partial charge in [0.1, 0.15) is 5.52 Å². The molecule has 2 aromatic rings. The number of hydrogen-bond acceptors (Lipinski definition) is 2. The smallest absolute Gasteiger partial charge is 0.157 e. The van der Waals surface area contributed by atoms with Crippen LogP contribution < -0.4 is 0 Å². The van der Waals surface area contributed by atoms with Gasteiger partial charge in [-0.05, 0) is 12.5 Å². The number of nitrogens with zero attached hydrogens (tertiary/aromatic N) is 2. The Hall–Kier alpha value is -1.09. The van der Waals surface area contributed by atoms with Crippen molar-refractivity contribution < 1.29 is 0 Å². The summed E-state index contributed by atoms with van der Waals surface area (Å²) >= 11 is 5.95. The van der Waals surface area contributed by atoms with Gasteiger partial charge < -0.3 is 4.98 Å². The van der Waals surface area contributed by atoms with Crippen LogP contribution in [0.1, 0.15) is 19.0 Å². The minimum Gasteiger partial charge on any atom is -0.344 e. The van der Waals surface area contributed by atoms with Gasteiger partial charge in [0.15, 0.2) is 5.15 Å². The molecule has 0 atom stereocenters. The van der Waals surface area contributed by atoms with E-state index in [2.05, 4.69) is 21.9 Å². The lowest BCUT2D eigenvalue weighted by molar-refractivity contribution is 0.885. The summed E-state index contributed by atoms with van der Waals surface area (Å²) in [7, 11) is 0. The van der Waals surface area contributed by atoms with Crippen LogP contribution >= 0.6 is 11.6 Å². The van der Waals surface area contributed by atoms with E-state index in [0.717, 1.165) is 29.6 Å². The Balaban J connectivity index is 2.56. The Labute approximate surface area is 81.2 Å². The van der Waals surface area contributed by atoms with Crippen LogP contribution in [0.25, 0.3) is 11.0 Å². The van der Waals surface area contributed by atoms with E-state index in [1.807, 2.05) is 6.07 Å². The number of halogens is 1. The fraction of sp³-hybridized carbons (Fsp3) is 0.333. The van der Waals surface area contributed by atoms with Gasteiger partial charge in [0.25, 0.3) is 0 Å². The Morgan fingerprint density at radius 1 is 1.54 bits per heavy atom. The van der Waals surface area contributed by atoms with Crippen LogP contribution in [-0.2, 0) is 6.42 Å². The van der Waals surface area contributed by atoms with Crippen molar-refractivity contribution in [3.8, 4) is 0 Å². The van der Waals surface area contributed by atoms with Crippen molar-refractivity contribution in [2.45, 2.75) is 19.8 Å². The fourth-order valence-electron chi connectivity index (χ4n) is 1.34. The molecule has 2 heterocycles. The number of aromatic nitrogens is 3. The van der Waals surface area contributed by atoms with Gasteiger partial charge in [-0.1, -0.05) is 24.9 Å². The zero-order valence-corrected chi connectivity index (χ0v) is 8.10. The topological polar surface area (TPSA) is 41.6 Å². The largest absolute Gasteiger partial charge is 0.344 e. The summed E-state index contributed by atoms with van der Waals surface area (Å²) in [5.74, 6) is 0. The number of rotatable bonds is 2. The van der Waals surface area contributed by atoms with Gasteiger partial charge in [0.05, 0.1) is 11.8 Å². The number of H-pyrrole nitrogens is 1. The number of nitrogens with one attached hydrogen (secondary N) is 1. The quantitative estimate of drug-likeness (QED) is 0.749. The molecule has 0 bridgehead atoms. The number of aryl methyl sites for hydroxylation is 1. The van der Waals surface area contributed by atoms with Crippen LogP contribution in [0.3, 0.4) is 0 Å². The molecule has 0 unspecified atom stereocenters. The van der Waals surface area contributed by atoms with Crippen LogP contribution in [0.2, 0.25) is 5.15 Å². The molecule has 0 aliphatic carbocycles. The highest BCUT2D eigenvalue weighted by atomic mass is 35.5. The van der Waals surface area contributed by atoms with Gasteiger partial charge in [-0.15, -0.1) is 0 Å². The maximum Gasteiger partial charge on any atom is 0.157 e. The number of imidazole rings is 1. The van der Waals surface area contributed by atoms with E-state index in [0.29, 0.717) is 5.15 Å². The van der Waals surface area contributed by atoms with E-state index >= 15 is 0 Å². The average molecular weight is 196 g/mol. The molecule has 13 heavy (non-hydrogen) atoms. The van der Waals surface area contributed by atoms with Crippen molar-refractivity contribution in [2.24, 2.45) is 0 Å². The van der Waals surface area contributed by atoms with E-state index in [9.17, 15) is 0 Å². The van der Waals surface area contributed by atoms with E-state index in [1.165, 1.54) is 0 Å². The van der Waals surface area contributed by atoms with Crippen molar-refractivity contribution in [1.82, 2.24) is 15.0 Å². The first kappa shape index (κ1) is 8.51. The molecular formula is C9H10ClN3. The summed E-state index contributed by atoms with van der Waals surface area (Å²) in [6, 6.07) is 2.00. The van der Waals surface area contributed by atoms with Gasteiger partial charge in [-0.25, -0.2) is 9.97 Å². The highest BCUT2D eigenvalue weighted by Gasteiger charge is 2.04. The third kappa shape index (κ3) is 1.52. The summed E-state index contributed by atoms with van der Waals surface area (Å²) < 4.78 is 0. The van der Waals surface area contributed by atoms with Crippen LogP contribution in [0.5, 0.6) is 0 Å². The van der Waals surface area contributed by atoms with E-state index in [4.69, 9.17) is 11.6 Å². The summed E-state index contributed by atoms with van der Waals surface area (Å²) in [6.07, 6.45) is 3.66.